The van der Waals surface area contributed by atoms with Crippen LogP contribution in [-0.4, -0.2) is 32.5 Å². The maximum Gasteiger partial charge on any atom is 0.115 e. The summed E-state index contributed by atoms with van der Waals surface area (Å²) in [7, 11) is 0. The van der Waals surface area contributed by atoms with Crippen LogP contribution in [0.3, 0.4) is 0 Å². The molecule has 24 heavy (non-hydrogen) atoms. The lowest BCUT2D eigenvalue weighted by molar-refractivity contribution is 0.153. The summed E-state index contributed by atoms with van der Waals surface area (Å²) in [6.45, 7) is 3.43. The number of aliphatic hydroxyl groups excluding tert-OH is 2. The van der Waals surface area contributed by atoms with E-state index in [0.29, 0.717) is 11.1 Å². The van der Waals surface area contributed by atoms with Crippen molar-refractivity contribution in [2.75, 3.05) is 0 Å². The molecular weight excluding hydrogens is 308 g/mol. The van der Waals surface area contributed by atoms with E-state index in [4.69, 9.17) is 21.7 Å². The monoisotopic (exact) mass is 334 g/mol. The van der Waals surface area contributed by atoms with Crippen molar-refractivity contribution in [3.8, 4) is 11.5 Å². The van der Waals surface area contributed by atoms with Crippen molar-refractivity contribution in [3.05, 3.63) is 59.7 Å². The Bertz CT molecular complexity index is 576. The van der Waals surface area contributed by atoms with Crippen molar-refractivity contribution in [2.24, 2.45) is 11.5 Å². The van der Waals surface area contributed by atoms with Crippen LogP contribution in [0.1, 0.15) is 37.2 Å². The Balaban J connectivity index is 0.000000240. The van der Waals surface area contributed by atoms with Crippen molar-refractivity contribution in [1.29, 1.82) is 0 Å². The maximum absolute atomic E-state index is 9.49. The Morgan fingerprint density at radius 1 is 0.708 bits per heavy atom. The molecule has 0 spiro atoms. The fourth-order valence-corrected chi connectivity index (χ4v) is 2.02. The predicted octanol–water partition coefficient (Wildman–Crippen LogP) is 1.55. The first kappa shape index (κ1) is 19.9. The van der Waals surface area contributed by atoms with Gasteiger partial charge in [0.1, 0.15) is 11.5 Å². The SMILES string of the molecule is C[C@H](N)[C@H](O)c1cccc(O)c1.C[C@H](N)[C@H](O)c1cccc(O)c1. The molecule has 0 saturated carbocycles. The van der Waals surface area contributed by atoms with Crippen molar-refractivity contribution in [3.63, 3.8) is 0 Å². The highest BCUT2D eigenvalue weighted by Gasteiger charge is 2.12. The third-order valence-corrected chi connectivity index (χ3v) is 3.42. The molecule has 0 aromatic heterocycles. The highest BCUT2D eigenvalue weighted by atomic mass is 16.3. The van der Waals surface area contributed by atoms with Gasteiger partial charge >= 0.3 is 0 Å². The number of benzene rings is 2. The van der Waals surface area contributed by atoms with Crippen LogP contribution in [0.2, 0.25) is 0 Å². The molecule has 0 radical (unpaired) electrons. The second-order valence-corrected chi connectivity index (χ2v) is 5.80. The van der Waals surface area contributed by atoms with Gasteiger partial charge in [-0.15, -0.1) is 0 Å². The summed E-state index contributed by atoms with van der Waals surface area (Å²) in [6, 6.07) is 12.3. The standard InChI is InChI=1S/2C9H13NO2/c2*1-6(10)9(12)7-3-2-4-8(11)5-7/h2*2-6,9,11-12H,10H2,1H3/t2*6-,9-/m00/s1. The van der Waals surface area contributed by atoms with Gasteiger partial charge in [0.15, 0.2) is 0 Å². The van der Waals surface area contributed by atoms with Crippen LogP contribution in [-0.2, 0) is 0 Å². The zero-order valence-electron chi connectivity index (χ0n) is 13.9. The molecule has 2 aromatic rings. The molecule has 0 aliphatic heterocycles. The van der Waals surface area contributed by atoms with Gasteiger partial charge in [-0.2, -0.15) is 0 Å². The molecule has 6 nitrogen and oxygen atoms in total. The Morgan fingerprint density at radius 3 is 1.29 bits per heavy atom. The number of phenolic OH excluding ortho intramolecular Hbond substituents is 2. The molecule has 0 heterocycles. The first-order valence-corrected chi connectivity index (χ1v) is 7.67. The Labute approximate surface area is 142 Å². The van der Waals surface area contributed by atoms with E-state index in [1.54, 1.807) is 50.2 Å². The average molecular weight is 334 g/mol. The van der Waals surface area contributed by atoms with E-state index in [0.717, 1.165) is 0 Å². The van der Waals surface area contributed by atoms with Gasteiger partial charge in [0.05, 0.1) is 12.2 Å². The van der Waals surface area contributed by atoms with Crippen LogP contribution in [0, 0.1) is 0 Å². The zero-order valence-corrected chi connectivity index (χ0v) is 13.9. The number of hydrogen-bond donors (Lipinski definition) is 6. The first-order valence-electron chi connectivity index (χ1n) is 7.67. The minimum Gasteiger partial charge on any atom is -0.508 e. The largest absolute Gasteiger partial charge is 0.508 e. The molecule has 4 atom stereocenters. The number of hydrogen-bond acceptors (Lipinski definition) is 6. The van der Waals surface area contributed by atoms with Gasteiger partial charge in [-0.3, -0.25) is 0 Å². The van der Waals surface area contributed by atoms with Gasteiger partial charge in [0.25, 0.3) is 0 Å². The predicted molar refractivity (Wildman–Crippen MR) is 93.4 cm³/mol. The summed E-state index contributed by atoms with van der Waals surface area (Å²) in [6.07, 6.45) is -1.42. The summed E-state index contributed by atoms with van der Waals surface area (Å²) in [5.74, 6) is 0.291. The van der Waals surface area contributed by atoms with E-state index >= 15 is 0 Å². The lowest BCUT2D eigenvalue weighted by atomic mass is 10.0. The Kier molecular flexibility index (Phi) is 7.67. The molecule has 132 valence electrons. The van der Waals surface area contributed by atoms with Crippen LogP contribution in [0.25, 0.3) is 0 Å². The molecule has 0 amide bonds. The summed E-state index contributed by atoms with van der Waals surface area (Å²) < 4.78 is 0. The average Bonchev–Trinajstić information content (AvgIpc) is 2.53. The van der Waals surface area contributed by atoms with E-state index in [2.05, 4.69) is 0 Å². The van der Waals surface area contributed by atoms with Crippen LogP contribution in [0.5, 0.6) is 11.5 Å². The van der Waals surface area contributed by atoms with Crippen molar-refractivity contribution >= 4 is 0 Å². The van der Waals surface area contributed by atoms with Crippen LogP contribution in [0.4, 0.5) is 0 Å². The number of aromatic hydroxyl groups is 2. The molecule has 0 fully saturated rings. The van der Waals surface area contributed by atoms with Crippen molar-refractivity contribution in [1.82, 2.24) is 0 Å². The Hall–Kier alpha value is -2.12. The van der Waals surface area contributed by atoms with Gasteiger partial charge in [-0.1, -0.05) is 24.3 Å². The fraction of sp³-hybridized carbons (Fsp3) is 0.333. The van der Waals surface area contributed by atoms with Gasteiger partial charge in [0.2, 0.25) is 0 Å². The third-order valence-electron chi connectivity index (χ3n) is 3.42. The van der Waals surface area contributed by atoms with E-state index in [1.165, 1.54) is 12.1 Å². The van der Waals surface area contributed by atoms with Gasteiger partial charge in [0, 0.05) is 12.1 Å². The number of nitrogens with two attached hydrogens (primary N) is 2. The molecule has 0 unspecified atom stereocenters. The van der Waals surface area contributed by atoms with Crippen LogP contribution in [0.15, 0.2) is 48.5 Å². The van der Waals surface area contributed by atoms with E-state index in [-0.39, 0.29) is 23.6 Å². The number of phenols is 2. The molecule has 6 heteroatoms. The molecule has 8 N–H and O–H groups in total. The smallest absolute Gasteiger partial charge is 0.115 e. The lowest BCUT2D eigenvalue weighted by Gasteiger charge is -2.14. The van der Waals surface area contributed by atoms with Gasteiger partial charge in [-0.05, 0) is 49.2 Å². The van der Waals surface area contributed by atoms with Crippen LogP contribution < -0.4 is 11.5 Å². The molecular formula is C18H26N2O4. The van der Waals surface area contributed by atoms with Gasteiger partial charge < -0.3 is 31.9 Å². The second kappa shape index (κ2) is 9.24. The number of rotatable bonds is 4. The highest BCUT2D eigenvalue weighted by molar-refractivity contribution is 5.29. The number of aliphatic hydroxyl groups is 2. The lowest BCUT2D eigenvalue weighted by Crippen LogP contribution is -2.24. The second-order valence-electron chi connectivity index (χ2n) is 5.80. The third kappa shape index (κ3) is 6.17. The maximum atomic E-state index is 9.49. The molecule has 0 aliphatic rings. The first-order chi connectivity index (χ1) is 11.2. The summed E-state index contributed by atoms with van der Waals surface area (Å²) >= 11 is 0. The van der Waals surface area contributed by atoms with Crippen molar-refractivity contribution in [2.45, 2.75) is 38.1 Å². The quantitative estimate of drug-likeness (QED) is 0.502. The van der Waals surface area contributed by atoms with Gasteiger partial charge in [-0.25, -0.2) is 0 Å². The molecule has 0 saturated heterocycles. The van der Waals surface area contributed by atoms with E-state index in [1.807, 2.05) is 0 Å². The van der Waals surface area contributed by atoms with Crippen LogP contribution >= 0.6 is 0 Å². The molecule has 2 aromatic carbocycles. The summed E-state index contributed by atoms with van der Waals surface area (Å²) in [5.41, 5.74) is 12.3. The summed E-state index contributed by atoms with van der Waals surface area (Å²) in [4.78, 5) is 0. The fourth-order valence-electron chi connectivity index (χ4n) is 2.02. The molecule has 2 rings (SSSR count). The molecule has 0 aliphatic carbocycles. The summed E-state index contributed by atoms with van der Waals surface area (Å²) in [5, 5.41) is 37.2. The highest BCUT2D eigenvalue weighted by Crippen LogP contribution is 2.20. The van der Waals surface area contributed by atoms with E-state index < -0.39 is 12.2 Å². The zero-order chi connectivity index (χ0) is 18.3. The minimum absolute atomic E-state index is 0.146. The molecule has 0 bridgehead atoms. The van der Waals surface area contributed by atoms with Crippen molar-refractivity contribution < 1.29 is 20.4 Å². The van der Waals surface area contributed by atoms with E-state index in [9.17, 15) is 10.2 Å². The normalized spacial score (nSPS) is 15.6. The topological polar surface area (TPSA) is 133 Å². The Morgan fingerprint density at radius 2 is 1.04 bits per heavy atom. The minimum atomic E-state index is -0.711.